The summed E-state index contributed by atoms with van der Waals surface area (Å²) in [6.45, 7) is 3.64. The Morgan fingerprint density at radius 2 is 1.60 bits per heavy atom. The maximum atomic E-state index is 11.1. The van der Waals surface area contributed by atoms with Gasteiger partial charge in [-0.15, -0.1) is 0 Å². The fourth-order valence-corrected chi connectivity index (χ4v) is 3.11. The SMILES string of the molecule is CCc1ccc(-c2[nH]nc3nc(-c4ccc(NC(C)=O)cc4)ccc23)cc1.O=C=O. The molecule has 0 saturated carbocycles. The fourth-order valence-electron chi connectivity index (χ4n) is 3.11. The molecule has 2 N–H and O–H groups in total. The van der Waals surface area contributed by atoms with Gasteiger partial charge in [0.25, 0.3) is 0 Å². The Morgan fingerprint density at radius 1 is 0.967 bits per heavy atom. The number of nitrogens with one attached hydrogen (secondary N) is 2. The lowest BCUT2D eigenvalue weighted by atomic mass is 10.0. The van der Waals surface area contributed by atoms with Gasteiger partial charge in [0.15, 0.2) is 5.65 Å². The molecule has 0 saturated heterocycles. The molecule has 150 valence electrons. The third-order valence-corrected chi connectivity index (χ3v) is 4.57. The van der Waals surface area contributed by atoms with Gasteiger partial charge >= 0.3 is 6.15 Å². The molecule has 2 aromatic heterocycles. The lowest BCUT2D eigenvalue weighted by Crippen LogP contribution is -2.05. The van der Waals surface area contributed by atoms with E-state index in [1.165, 1.54) is 12.5 Å². The first-order valence-corrected chi connectivity index (χ1v) is 9.37. The predicted octanol–water partition coefficient (Wildman–Crippen LogP) is 4.23. The summed E-state index contributed by atoms with van der Waals surface area (Å²) < 4.78 is 0. The highest BCUT2D eigenvalue weighted by Crippen LogP contribution is 2.28. The summed E-state index contributed by atoms with van der Waals surface area (Å²) in [5.41, 5.74) is 6.67. The van der Waals surface area contributed by atoms with Crippen LogP contribution in [0.5, 0.6) is 0 Å². The van der Waals surface area contributed by atoms with Gasteiger partial charge in [0.05, 0.1) is 11.4 Å². The minimum absolute atomic E-state index is 0.0849. The summed E-state index contributed by atoms with van der Waals surface area (Å²) in [4.78, 5) is 32.1. The van der Waals surface area contributed by atoms with Crippen LogP contribution in [0.4, 0.5) is 5.69 Å². The van der Waals surface area contributed by atoms with Crippen LogP contribution in [0.3, 0.4) is 0 Å². The van der Waals surface area contributed by atoms with E-state index in [2.05, 4.69) is 51.7 Å². The minimum Gasteiger partial charge on any atom is -0.326 e. The topological polar surface area (TPSA) is 105 Å². The number of aromatic nitrogens is 3. The highest BCUT2D eigenvalue weighted by Gasteiger charge is 2.10. The second kappa shape index (κ2) is 9.41. The molecule has 4 aromatic rings. The first-order valence-electron chi connectivity index (χ1n) is 9.37. The second-order valence-electron chi connectivity index (χ2n) is 6.56. The summed E-state index contributed by atoms with van der Waals surface area (Å²) >= 11 is 0. The summed E-state index contributed by atoms with van der Waals surface area (Å²) in [5, 5.41) is 11.3. The fraction of sp³-hybridized carbons (Fsp3) is 0.130. The average molecular weight is 400 g/mol. The van der Waals surface area contributed by atoms with Crippen molar-refractivity contribution in [3.8, 4) is 22.5 Å². The number of aromatic amines is 1. The number of hydrogen-bond acceptors (Lipinski definition) is 5. The quantitative estimate of drug-likeness (QED) is 0.533. The number of carbonyl (C=O) groups is 1. The van der Waals surface area contributed by atoms with Crippen LogP contribution >= 0.6 is 0 Å². The van der Waals surface area contributed by atoms with Crippen LogP contribution in [0, 0.1) is 0 Å². The Morgan fingerprint density at radius 3 is 2.20 bits per heavy atom. The maximum absolute atomic E-state index is 11.1. The van der Waals surface area contributed by atoms with Gasteiger partial charge in [0.1, 0.15) is 0 Å². The molecule has 0 aliphatic heterocycles. The van der Waals surface area contributed by atoms with Crippen LogP contribution < -0.4 is 5.32 Å². The van der Waals surface area contributed by atoms with Gasteiger partial charge in [-0.2, -0.15) is 14.7 Å². The molecule has 7 nitrogen and oxygen atoms in total. The zero-order valence-corrected chi connectivity index (χ0v) is 16.6. The van der Waals surface area contributed by atoms with Gasteiger partial charge < -0.3 is 5.32 Å². The molecule has 0 aliphatic rings. The molecule has 4 rings (SSSR count). The molecule has 0 atom stereocenters. The molecule has 30 heavy (non-hydrogen) atoms. The van der Waals surface area contributed by atoms with Crippen molar-refractivity contribution in [2.24, 2.45) is 0 Å². The number of nitrogens with zero attached hydrogens (tertiary/aromatic N) is 2. The van der Waals surface area contributed by atoms with E-state index < -0.39 is 0 Å². The Hall–Kier alpha value is -4.09. The number of anilines is 1. The number of H-pyrrole nitrogens is 1. The number of amides is 1. The molecular formula is C23H20N4O3. The van der Waals surface area contributed by atoms with Gasteiger partial charge in [-0.05, 0) is 36.2 Å². The van der Waals surface area contributed by atoms with Gasteiger partial charge in [0, 0.05) is 29.1 Å². The zero-order valence-electron chi connectivity index (χ0n) is 16.6. The van der Waals surface area contributed by atoms with E-state index >= 15 is 0 Å². The molecule has 0 aliphatic carbocycles. The first kappa shape index (κ1) is 20.6. The number of pyridine rings is 1. The van der Waals surface area contributed by atoms with Crippen LogP contribution in [0.2, 0.25) is 0 Å². The molecule has 2 heterocycles. The number of hydrogen-bond donors (Lipinski definition) is 2. The van der Waals surface area contributed by atoms with E-state index in [4.69, 9.17) is 9.59 Å². The summed E-state index contributed by atoms with van der Waals surface area (Å²) in [5.74, 6) is -0.0849. The Labute approximate surface area is 173 Å². The molecule has 2 aromatic carbocycles. The number of benzene rings is 2. The molecule has 1 amide bonds. The molecule has 7 heteroatoms. The Balaban J connectivity index is 0.000000806. The summed E-state index contributed by atoms with van der Waals surface area (Å²) in [7, 11) is 0. The number of rotatable bonds is 4. The number of fused-ring (bicyclic) bond motifs is 1. The largest absolute Gasteiger partial charge is 0.373 e. The van der Waals surface area contributed by atoms with E-state index in [1.54, 1.807) is 0 Å². The first-order chi connectivity index (χ1) is 14.5. The normalized spacial score (nSPS) is 10.1. The van der Waals surface area contributed by atoms with Crippen molar-refractivity contribution in [2.45, 2.75) is 20.3 Å². The highest BCUT2D eigenvalue weighted by molar-refractivity contribution is 5.92. The number of carbonyl (C=O) groups excluding carboxylic acids is 3. The van der Waals surface area contributed by atoms with Crippen molar-refractivity contribution in [3.63, 3.8) is 0 Å². The smallest absolute Gasteiger partial charge is 0.326 e. The highest BCUT2D eigenvalue weighted by atomic mass is 16.2. The molecule has 0 unspecified atom stereocenters. The minimum atomic E-state index is -0.0849. The average Bonchev–Trinajstić information content (AvgIpc) is 3.18. The molecular weight excluding hydrogens is 380 g/mol. The van der Waals surface area contributed by atoms with Crippen molar-refractivity contribution in [3.05, 3.63) is 66.2 Å². The second-order valence-corrected chi connectivity index (χ2v) is 6.56. The monoisotopic (exact) mass is 400 g/mol. The van der Waals surface area contributed by atoms with Crippen LogP contribution in [0.25, 0.3) is 33.5 Å². The van der Waals surface area contributed by atoms with Gasteiger partial charge in [0.2, 0.25) is 5.91 Å². The van der Waals surface area contributed by atoms with Crippen molar-refractivity contribution in [2.75, 3.05) is 5.32 Å². The van der Waals surface area contributed by atoms with Crippen molar-refractivity contribution in [1.82, 2.24) is 15.2 Å². The van der Waals surface area contributed by atoms with Crippen molar-refractivity contribution >= 4 is 28.8 Å². The zero-order chi connectivity index (χ0) is 21.5. The van der Waals surface area contributed by atoms with Crippen LogP contribution in [0.1, 0.15) is 19.4 Å². The van der Waals surface area contributed by atoms with Crippen LogP contribution in [-0.4, -0.2) is 27.2 Å². The molecule has 0 radical (unpaired) electrons. The van der Waals surface area contributed by atoms with E-state index in [9.17, 15) is 4.79 Å². The van der Waals surface area contributed by atoms with Crippen LogP contribution in [-0.2, 0) is 20.8 Å². The molecule has 0 fully saturated rings. The van der Waals surface area contributed by atoms with Crippen molar-refractivity contribution in [1.29, 1.82) is 0 Å². The van der Waals surface area contributed by atoms with Gasteiger partial charge in [-0.25, -0.2) is 4.98 Å². The maximum Gasteiger partial charge on any atom is 0.373 e. The number of aryl methyl sites for hydroxylation is 1. The van der Waals surface area contributed by atoms with Gasteiger partial charge in [-0.1, -0.05) is 43.3 Å². The summed E-state index contributed by atoms with van der Waals surface area (Å²) in [6, 6.07) is 20.2. The van der Waals surface area contributed by atoms with Crippen molar-refractivity contribution < 1.29 is 14.4 Å². The van der Waals surface area contributed by atoms with Crippen LogP contribution in [0.15, 0.2) is 60.7 Å². The molecule has 0 bridgehead atoms. The third kappa shape index (κ3) is 4.66. The third-order valence-electron chi connectivity index (χ3n) is 4.57. The van der Waals surface area contributed by atoms with E-state index in [1.807, 2.05) is 36.4 Å². The summed E-state index contributed by atoms with van der Waals surface area (Å²) in [6.07, 6.45) is 1.27. The Kier molecular flexibility index (Phi) is 6.47. The lowest BCUT2D eigenvalue weighted by molar-refractivity contribution is -0.191. The molecule has 0 spiro atoms. The Bertz CT molecular complexity index is 1190. The predicted molar refractivity (Wildman–Crippen MR) is 113 cm³/mol. The van der Waals surface area contributed by atoms with E-state index in [0.717, 1.165) is 40.0 Å². The lowest BCUT2D eigenvalue weighted by Gasteiger charge is -2.05. The van der Waals surface area contributed by atoms with Gasteiger partial charge in [-0.3, -0.25) is 9.89 Å². The van der Waals surface area contributed by atoms with E-state index in [0.29, 0.717) is 5.65 Å². The standard InChI is InChI=1S/C22H20N4O.CO2/c1-3-15-4-6-17(7-5-15)21-19-12-13-20(24-22(19)26-25-21)16-8-10-18(11-9-16)23-14(2)27;2-1-3/h4-13H,3H2,1-2H3,(H,23,27)(H,24,25,26);. The van der Waals surface area contributed by atoms with E-state index in [-0.39, 0.29) is 12.1 Å².